The maximum Gasteiger partial charge on any atom is 0.251 e. The van der Waals surface area contributed by atoms with Crippen LogP contribution in [0.4, 0.5) is 10.1 Å². The number of anilines is 1. The fourth-order valence-corrected chi connectivity index (χ4v) is 2.56. The molecule has 0 bridgehead atoms. The number of aromatic nitrogens is 1. The first kappa shape index (κ1) is 16.0. The topological polar surface area (TPSA) is 73.1 Å². The van der Waals surface area contributed by atoms with E-state index in [1.807, 2.05) is 0 Å². The van der Waals surface area contributed by atoms with Gasteiger partial charge in [-0.15, -0.1) is 0 Å². The van der Waals surface area contributed by atoms with Crippen LogP contribution >= 0.6 is 11.8 Å². The summed E-state index contributed by atoms with van der Waals surface area (Å²) in [4.78, 5) is 22.9. The summed E-state index contributed by atoms with van der Waals surface area (Å²) < 4.78 is 14.6. The van der Waals surface area contributed by atoms with E-state index >= 15 is 0 Å². The van der Waals surface area contributed by atoms with Gasteiger partial charge in [0.05, 0.1) is 11.3 Å². The predicted octanol–water partition coefficient (Wildman–Crippen LogP) is 2.39. The van der Waals surface area contributed by atoms with E-state index in [1.165, 1.54) is 25.3 Å². The molecule has 1 heterocycles. The summed E-state index contributed by atoms with van der Waals surface area (Å²) in [5.41, 5.74) is 0.213. The van der Waals surface area contributed by atoms with E-state index in [9.17, 15) is 19.2 Å². The number of benzene rings is 1. The van der Waals surface area contributed by atoms with Crippen molar-refractivity contribution in [3.8, 4) is 0 Å². The lowest BCUT2D eigenvalue weighted by Gasteiger charge is -2.06. The number of amides is 1. The SMILES string of the molecule is CC(=O)Nc1ccc(C(=O)CSc2cccc[n+]2[O-])c(F)c1. The lowest BCUT2D eigenvalue weighted by molar-refractivity contribution is -0.645. The van der Waals surface area contributed by atoms with Crippen molar-refractivity contribution in [1.82, 2.24) is 0 Å². The normalized spacial score (nSPS) is 10.3. The number of carbonyl (C=O) groups excluding carboxylic acids is 2. The van der Waals surface area contributed by atoms with Gasteiger partial charge >= 0.3 is 0 Å². The Morgan fingerprint density at radius 1 is 1.32 bits per heavy atom. The third-order valence-corrected chi connectivity index (χ3v) is 3.75. The Balaban J connectivity index is 2.06. The van der Waals surface area contributed by atoms with Gasteiger partial charge in [-0.25, -0.2) is 4.39 Å². The molecule has 0 saturated carbocycles. The standard InChI is InChI=1S/C15H13FN2O3S/c1-10(19)17-11-5-6-12(13(16)8-11)14(20)9-22-15-4-2-3-7-18(15)21/h2-8H,9H2,1H3,(H,17,19). The van der Waals surface area contributed by atoms with E-state index in [0.29, 0.717) is 9.76 Å². The summed E-state index contributed by atoms with van der Waals surface area (Å²) in [6.07, 6.45) is 1.33. The zero-order chi connectivity index (χ0) is 16.1. The number of pyridine rings is 1. The van der Waals surface area contributed by atoms with Crippen molar-refractivity contribution in [3.63, 3.8) is 0 Å². The lowest BCUT2D eigenvalue weighted by Crippen LogP contribution is -2.28. The lowest BCUT2D eigenvalue weighted by atomic mass is 10.1. The molecule has 0 unspecified atom stereocenters. The smallest absolute Gasteiger partial charge is 0.251 e. The van der Waals surface area contributed by atoms with Gasteiger partial charge in [0.1, 0.15) is 5.82 Å². The second-order valence-corrected chi connectivity index (χ2v) is 5.45. The molecule has 7 heteroatoms. The van der Waals surface area contributed by atoms with Crippen molar-refractivity contribution in [2.24, 2.45) is 0 Å². The fraction of sp³-hybridized carbons (Fsp3) is 0.133. The van der Waals surface area contributed by atoms with Gasteiger partial charge in [0, 0.05) is 24.7 Å². The Bertz CT molecular complexity index is 722. The Morgan fingerprint density at radius 3 is 2.73 bits per heavy atom. The van der Waals surface area contributed by atoms with Crippen LogP contribution in [-0.4, -0.2) is 17.4 Å². The fourth-order valence-electron chi connectivity index (χ4n) is 1.76. The van der Waals surface area contributed by atoms with Gasteiger partial charge in [-0.1, -0.05) is 0 Å². The van der Waals surface area contributed by atoms with Crippen molar-refractivity contribution < 1.29 is 18.7 Å². The number of rotatable bonds is 5. The minimum atomic E-state index is -0.708. The molecule has 0 radical (unpaired) electrons. The summed E-state index contributed by atoms with van der Waals surface area (Å²) in [7, 11) is 0. The Morgan fingerprint density at radius 2 is 2.09 bits per heavy atom. The highest BCUT2D eigenvalue weighted by Crippen LogP contribution is 2.19. The van der Waals surface area contributed by atoms with Crippen molar-refractivity contribution >= 4 is 29.1 Å². The summed E-state index contributed by atoms with van der Waals surface area (Å²) in [5.74, 6) is -1.51. The van der Waals surface area contributed by atoms with Crippen molar-refractivity contribution in [2.45, 2.75) is 11.9 Å². The molecule has 0 aliphatic carbocycles. The number of thioether (sulfide) groups is 1. The van der Waals surface area contributed by atoms with Gasteiger partial charge in [-0.2, -0.15) is 4.73 Å². The van der Waals surface area contributed by atoms with E-state index in [1.54, 1.807) is 18.2 Å². The molecule has 1 N–H and O–H groups in total. The van der Waals surface area contributed by atoms with E-state index in [2.05, 4.69) is 5.32 Å². The number of carbonyl (C=O) groups is 2. The van der Waals surface area contributed by atoms with Crippen LogP contribution in [-0.2, 0) is 4.79 Å². The highest BCUT2D eigenvalue weighted by Gasteiger charge is 2.15. The van der Waals surface area contributed by atoms with Crippen molar-refractivity contribution in [2.75, 3.05) is 11.1 Å². The molecule has 1 aromatic carbocycles. The molecule has 114 valence electrons. The van der Waals surface area contributed by atoms with Gasteiger partial charge < -0.3 is 10.5 Å². The molecule has 0 saturated heterocycles. The minimum absolute atomic E-state index is 0.0529. The van der Waals surface area contributed by atoms with Crippen LogP contribution in [0.15, 0.2) is 47.6 Å². The number of Topliss-reactive ketones (excluding diaryl/α,β-unsaturated/α-hetero) is 1. The Kier molecular flexibility index (Phi) is 5.11. The molecule has 0 fully saturated rings. The zero-order valence-corrected chi connectivity index (χ0v) is 12.5. The second kappa shape index (κ2) is 7.04. The molecule has 5 nitrogen and oxygen atoms in total. The number of ketones is 1. The number of nitrogens with one attached hydrogen (secondary N) is 1. The van der Waals surface area contributed by atoms with Crippen LogP contribution in [0, 0.1) is 11.0 Å². The molecule has 0 spiro atoms. The molecule has 1 amide bonds. The zero-order valence-electron chi connectivity index (χ0n) is 11.7. The quantitative estimate of drug-likeness (QED) is 0.397. The van der Waals surface area contributed by atoms with Crippen molar-refractivity contribution in [1.29, 1.82) is 0 Å². The largest absolute Gasteiger partial charge is 0.618 e. The third kappa shape index (κ3) is 4.05. The van der Waals surface area contributed by atoms with Crippen LogP contribution in [0.2, 0.25) is 0 Å². The van der Waals surface area contributed by atoms with Gasteiger partial charge in [-0.05, 0) is 36.0 Å². The van der Waals surface area contributed by atoms with E-state index in [4.69, 9.17) is 0 Å². The molecule has 2 rings (SSSR count). The van der Waals surface area contributed by atoms with Gasteiger partial charge in [0.25, 0.3) is 5.03 Å². The maximum atomic E-state index is 13.9. The third-order valence-electron chi connectivity index (χ3n) is 2.73. The number of hydrogen-bond donors (Lipinski definition) is 1. The van der Waals surface area contributed by atoms with Crippen LogP contribution < -0.4 is 10.0 Å². The Labute approximate surface area is 130 Å². The summed E-state index contributed by atoms with van der Waals surface area (Å²) in [6, 6.07) is 8.72. The highest BCUT2D eigenvalue weighted by molar-refractivity contribution is 7.99. The molecule has 0 aliphatic rings. The molecule has 0 aliphatic heterocycles. The summed E-state index contributed by atoms with van der Waals surface area (Å²) in [5, 5.41) is 14.3. The Hall–Kier alpha value is -2.41. The molecule has 22 heavy (non-hydrogen) atoms. The van der Waals surface area contributed by atoms with Crippen LogP contribution in [0.3, 0.4) is 0 Å². The van der Waals surface area contributed by atoms with Crippen LogP contribution in [0.1, 0.15) is 17.3 Å². The number of hydrogen-bond acceptors (Lipinski definition) is 4. The van der Waals surface area contributed by atoms with E-state index < -0.39 is 11.6 Å². The first-order valence-corrected chi connectivity index (χ1v) is 7.37. The van der Waals surface area contributed by atoms with Crippen molar-refractivity contribution in [3.05, 3.63) is 59.2 Å². The molecule has 0 atom stereocenters. The summed E-state index contributed by atoms with van der Waals surface area (Å²) in [6.45, 7) is 1.31. The first-order chi connectivity index (χ1) is 10.5. The van der Waals surface area contributed by atoms with Crippen LogP contribution in [0.5, 0.6) is 0 Å². The minimum Gasteiger partial charge on any atom is -0.618 e. The van der Waals surface area contributed by atoms with E-state index in [0.717, 1.165) is 17.8 Å². The summed E-state index contributed by atoms with van der Waals surface area (Å²) >= 11 is 1.04. The van der Waals surface area contributed by atoms with Gasteiger partial charge in [0.15, 0.2) is 12.0 Å². The molecular formula is C15H13FN2O3S. The monoisotopic (exact) mass is 320 g/mol. The van der Waals surface area contributed by atoms with E-state index in [-0.39, 0.29) is 22.9 Å². The second-order valence-electron chi connectivity index (χ2n) is 4.45. The van der Waals surface area contributed by atoms with Gasteiger partial charge in [-0.3, -0.25) is 9.59 Å². The maximum absolute atomic E-state index is 13.9. The predicted molar refractivity (Wildman–Crippen MR) is 81.2 cm³/mol. The van der Waals surface area contributed by atoms with Crippen LogP contribution in [0.25, 0.3) is 0 Å². The molecule has 2 aromatic rings. The number of halogens is 1. The van der Waals surface area contributed by atoms with Gasteiger partial charge in [0.2, 0.25) is 5.91 Å². The highest BCUT2D eigenvalue weighted by atomic mass is 32.2. The average Bonchev–Trinajstić information content (AvgIpc) is 2.45. The average molecular weight is 320 g/mol. The number of nitrogens with zero attached hydrogens (tertiary/aromatic N) is 1. The molecular weight excluding hydrogens is 307 g/mol. The first-order valence-electron chi connectivity index (χ1n) is 6.38. The molecule has 1 aromatic heterocycles.